The summed E-state index contributed by atoms with van der Waals surface area (Å²) in [7, 11) is -4.18. The van der Waals surface area contributed by atoms with Crippen molar-refractivity contribution < 1.29 is 18.0 Å². The molecule has 1 N–H and O–H groups in total. The molecule has 0 aliphatic heterocycles. The predicted octanol–water partition coefficient (Wildman–Crippen LogP) is 6.97. The Morgan fingerprint density at radius 3 is 2.07 bits per heavy atom. The van der Waals surface area contributed by atoms with Crippen LogP contribution in [0.3, 0.4) is 0 Å². The summed E-state index contributed by atoms with van der Waals surface area (Å²) in [5.74, 6) is -0.909. The summed E-state index contributed by atoms with van der Waals surface area (Å²) in [6.45, 7) is 6.80. The van der Waals surface area contributed by atoms with E-state index in [-0.39, 0.29) is 29.8 Å². The van der Waals surface area contributed by atoms with Crippen LogP contribution in [0.5, 0.6) is 0 Å². The molecule has 2 amide bonds. The molecule has 0 aliphatic rings. The number of benzene rings is 4. The van der Waals surface area contributed by atoms with Gasteiger partial charge in [-0.05, 0) is 80.3 Å². The van der Waals surface area contributed by atoms with Crippen LogP contribution in [-0.2, 0) is 32.6 Å². The minimum Gasteiger partial charge on any atom is -0.352 e. The van der Waals surface area contributed by atoms with Gasteiger partial charge in [0.15, 0.2) is 0 Å². The molecule has 0 radical (unpaired) electrons. The molecular weight excluding hydrogens is 629 g/mol. The van der Waals surface area contributed by atoms with Gasteiger partial charge < -0.3 is 10.2 Å². The largest absolute Gasteiger partial charge is 0.352 e. The summed E-state index contributed by atoms with van der Waals surface area (Å²) in [5.41, 5.74) is 3.38. The van der Waals surface area contributed by atoms with Gasteiger partial charge in [-0.25, -0.2) is 8.42 Å². The molecule has 45 heavy (non-hydrogen) atoms. The lowest BCUT2D eigenvalue weighted by atomic mass is 10.0. The van der Waals surface area contributed by atoms with Gasteiger partial charge in [0.05, 0.1) is 20.6 Å². The van der Waals surface area contributed by atoms with Crippen LogP contribution in [0.25, 0.3) is 0 Å². The second-order valence-corrected chi connectivity index (χ2v) is 13.9. The second kappa shape index (κ2) is 15.0. The van der Waals surface area contributed by atoms with Crippen LogP contribution >= 0.6 is 23.2 Å². The number of hydrogen-bond donors (Lipinski definition) is 1. The lowest BCUT2D eigenvalue weighted by Gasteiger charge is -2.34. The van der Waals surface area contributed by atoms with Gasteiger partial charge in [0.1, 0.15) is 12.6 Å². The van der Waals surface area contributed by atoms with Gasteiger partial charge >= 0.3 is 0 Å². The number of halogens is 2. The van der Waals surface area contributed by atoms with Crippen molar-refractivity contribution in [1.29, 1.82) is 0 Å². The Morgan fingerprint density at radius 1 is 0.800 bits per heavy atom. The minimum atomic E-state index is -4.18. The van der Waals surface area contributed by atoms with Gasteiger partial charge in [-0.1, -0.05) is 89.9 Å². The number of anilines is 1. The van der Waals surface area contributed by atoms with E-state index in [0.717, 1.165) is 15.4 Å². The molecule has 1 atom stereocenters. The van der Waals surface area contributed by atoms with Crippen LogP contribution in [0, 0.1) is 13.8 Å². The lowest BCUT2D eigenvalue weighted by Crippen LogP contribution is -2.54. The first-order valence-corrected chi connectivity index (χ1v) is 16.8. The molecule has 10 heteroatoms. The van der Waals surface area contributed by atoms with E-state index in [1.165, 1.54) is 17.0 Å². The summed E-state index contributed by atoms with van der Waals surface area (Å²) in [6.07, 6.45) is 0.210. The minimum absolute atomic E-state index is 0.00916. The quantitative estimate of drug-likeness (QED) is 0.177. The van der Waals surface area contributed by atoms with Gasteiger partial charge in [-0.3, -0.25) is 13.9 Å². The van der Waals surface area contributed by atoms with Crippen LogP contribution in [0.1, 0.15) is 36.1 Å². The molecule has 0 bridgehead atoms. The van der Waals surface area contributed by atoms with Gasteiger partial charge in [-0.2, -0.15) is 0 Å². The maximum absolute atomic E-state index is 14.6. The fraction of sp³-hybridized carbons (Fsp3) is 0.257. The first-order valence-electron chi connectivity index (χ1n) is 14.6. The third-order valence-corrected chi connectivity index (χ3v) is 9.80. The number of nitrogens with zero attached hydrogens (tertiary/aromatic N) is 2. The first kappa shape index (κ1) is 34.0. The van der Waals surface area contributed by atoms with E-state index >= 15 is 0 Å². The van der Waals surface area contributed by atoms with Crippen LogP contribution in [0.2, 0.25) is 10.0 Å². The SMILES string of the molecule is Cc1ccc(C)c(N(CC(=O)N(Cc2ccc(Cl)c(Cl)c2)[C@H](Cc2ccccc2)C(=O)NC(C)C)S(=O)(=O)c2ccccc2)c1. The monoisotopic (exact) mass is 665 g/mol. The molecule has 236 valence electrons. The molecule has 0 fully saturated rings. The number of amides is 2. The summed E-state index contributed by atoms with van der Waals surface area (Å²) in [5, 5.41) is 3.61. The molecule has 0 spiro atoms. The number of carbonyl (C=O) groups is 2. The smallest absolute Gasteiger partial charge is 0.264 e. The topological polar surface area (TPSA) is 86.8 Å². The zero-order valence-corrected chi connectivity index (χ0v) is 28.0. The van der Waals surface area contributed by atoms with E-state index in [2.05, 4.69) is 5.32 Å². The van der Waals surface area contributed by atoms with E-state index in [0.29, 0.717) is 26.9 Å². The fourth-order valence-electron chi connectivity index (χ4n) is 4.99. The Bertz CT molecular complexity index is 1750. The standard InChI is InChI=1S/C35H37Cl2N3O4S/c1-24(2)38-35(42)33(21-27-11-7-5-8-12-27)39(22-28-17-18-30(36)31(37)20-28)34(41)23-40(32-19-25(3)15-16-26(32)4)45(43,44)29-13-9-6-10-14-29/h5-20,24,33H,21-23H2,1-4H3,(H,38,42)/t33-/m1/s1. The number of nitrogens with one attached hydrogen (secondary N) is 1. The number of carbonyl (C=O) groups excluding carboxylic acids is 2. The van der Waals surface area contributed by atoms with Crippen molar-refractivity contribution in [2.45, 2.75) is 57.6 Å². The molecule has 4 aromatic carbocycles. The molecule has 0 aliphatic carbocycles. The Hall–Kier alpha value is -3.85. The molecule has 0 saturated carbocycles. The van der Waals surface area contributed by atoms with Crippen molar-refractivity contribution in [3.63, 3.8) is 0 Å². The summed E-state index contributed by atoms with van der Waals surface area (Å²) in [6, 6.07) is 26.7. The lowest BCUT2D eigenvalue weighted by molar-refractivity contribution is -0.140. The highest BCUT2D eigenvalue weighted by molar-refractivity contribution is 7.92. The maximum atomic E-state index is 14.6. The number of sulfonamides is 1. The third kappa shape index (κ3) is 8.66. The van der Waals surface area contributed by atoms with Crippen LogP contribution < -0.4 is 9.62 Å². The van der Waals surface area contributed by atoms with Crippen molar-refractivity contribution in [3.05, 3.63) is 129 Å². The van der Waals surface area contributed by atoms with E-state index in [4.69, 9.17) is 23.2 Å². The average Bonchev–Trinajstić information content (AvgIpc) is 3.01. The zero-order chi connectivity index (χ0) is 32.7. The Kier molecular flexibility index (Phi) is 11.3. The summed E-state index contributed by atoms with van der Waals surface area (Å²) in [4.78, 5) is 29.8. The average molecular weight is 667 g/mol. The van der Waals surface area contributed by atoms with Crippen molar-refractivity contribution in [1.82, 2.24) is 10.2 Å². The van der Waals surface area contributed by atoms with E-state index in [1.54, 1.807) is 49.4 Å². The second-order valence-electron chi connectivity index (χ2n) is 11.3. The normalized spacial score (nSPS) is 12.1. The molecule has 7 nitrogen and oxygen atoms in total. The van der Waals surface area contributed by atoms with Gasteiger partial charge in [-0.15, -0.1) is 0 Å². The van der Waals surface area contributed by atoms with E-state index < -0.39 is 28.5 Å². The van der Waals surface area contributed by atoms with E-state index in [9.17, 15) is 18.0 Å². The summed E-state index contributed by atoms with van der Waals surface area (Å²) < 4.78 is 29.5. The third-order valence-electron chi connectivity index (χ3n) is 7.28. The molecule has 4 rings (SSSR count). The van der Waals surface area contributed by atoms with Gasteiger partial charge in [0, 0.05) is 19.0 Å². The van der Waals surface area contributed by atoms with Gasteiger partial charge in [0.2, 0.25) is 11.8 Å². The molecule has 0 heterocycles. The number of aryl methyl sites for hydroxylation is 2. The molecule has 0 aromatic heterocycles. The number of hydrogen-bond acceptors (Lipinski definition) is 4. The molecule has 4 aromatic rings. The molecular formula is C35H37Cl2N3O4S. The van der Waals surface area contributed by atoms with Gasteiger partial charge in [0.25, 0.3) is 10.0 Å². The number of rotatable bonds is 12. The zero-order valence-electron chi connectivity index (χ0n) is 25.7. The maximum Gasteiger partial charge on any atom is 0.264 e. The molecule has 0 unspecified atom stereocenters. The Balaban J connectivity index is 1.84. The van der Waals surface area contributed by atoms with E-state index in [1.807, 2.05) is 63.2 Å². The highest BCUT2D eigenvalue weighted by Gasteiger charge is 2.35. The van der Waals surface area contributed by atoms with Crippen molar-refractivity contribution in [3.8, 4) is 0 Å². The first-order chi connectivity index (χ1) is 21.4. The Morgan fingerprint density at radius 2 is 1.44 bits per heavy atom. The highest BCUT2D eigenvalue weighted by atomic mass is 35.5. The molecule has 0 saturated heterocycles. The van der Waals surface area contributed by atoms with Crippen molar-refractivity contribution >= 4 is 50.7 Å². The van der Waals surface area contributed by atoms with Crippen molar-refractivity contribution in [2.75, 3.05) is 10.8 Å². The van der Waals surface area contributed by atoms with Crippen molar-refractivity contribution in [2.24, 2.45) is 0 Å². The summed E-state index contributed by atoms with van der Waals surface area (Å²) >= 11 is 12.5. The Labute approximate surface area is 275 Å². The predicted molar refractivity (Wildman–Crippen MR) is 181 cm³/mol. The van der Waals surface area contributed by atoms with Crippen LogP contribution in [-0.4, -0.2) is 43.8 Å². The van der Waals surface area contributed by atoms with Crippen LogP contribution in [0.4, 0.5) is 5.69 Å². The highest BCUT2D eigenvalue weighted by Crippen LogP contribution is 2.29. The van der Waals surface area contributed by atoms with Crippen LogP contribution in [0.15, 0.2) is 102 Å². The fourth-order valence-corrected chi connectivity index (χ4v) is 6.80.